The van der Waals surface area contributed by atoms with E-state index in [1.165, 1.54) is 0 Å². The van der Waals surface area contributed by atoms with Gasteiger partial charge in [-0.15, -0.1) is 9.05 Å². The van der Waals surface area contributed by atoms with Crippen molar-refractivity contribution in [1.82, 2.24) is 0 Å². The standard InChI is InChI=1S/Li.HO4Si.Pb/c;1-5(2,3)4;/h;1H;/q+1;-3;+2. The van der Waals surface area contributed by atoms with Crippen molar-refractivity contribution in [2.24, 2.45) is 0 Å². The van der Waals surface area contributed by atoms with Crippen molar-refractivity contribution in [2.45, 2.75) is 0 Å². The molecule has 0 aromatic heterocycles. The van der Waals surface area contributed by atoms with Crippen LogP contribution < -0.4 is 33.2 Å². The molecule has 1 N–H and O–H groups in total. The first-order valence-corrected chi connectivity index (χ1v) is 2.51. The maximum Gasteiger partial charge on any atom is 2.00 e. The quantitative estimate of drug-likeness (QED) is 0.450. The Hall–Kier alpha value is 1.58. The zero-order valence-corrected chi connectivity index (χ0v) is 8.56. The average Bonchev–Trinajstić information content (AvgIpc) is 0.722. The minimum absolute atomic E-state index is 0. The summed E-state index contributed by atoms with van der Waals surface area (Å²) in [6.45, 7) is 0. The monoisotopic (exact) mass is 308 g/mol. The summed E-state index contributed by atoms with van der Waals surface area (Å²) in [5.41, 5.74) is 0. The summed E-state index contributed by atoms with van der Waals surface area (Å²) < 4.78 is 0. The van der Waals surface area contributed by atoms with Gasteiger partial charge in [0.25, 0.3) is 0 Å². The van der Waals surface area contributed by atoms with Crippen molar-refractivity contribution < 1.29 is 38.0 Å². The molecule has 0 unspecified atom stereocenters. The van der Waals surface area contributed by atoms with Crippen LogP contribution in [0.4, 0.5) is 0 Å². The van der Waals surface area contributed by atoms with Crippen LogP contribution in [0.1, 0.15) is 0 Å². The van der Waals surface area contributed by atoms with E-state index in [0.717, 1.165) is 0 Å². The van der Waals surface area contributed by atoms with Crippen molar-refractivity contribution in [2.75, 3.05) is 0 Å². The van der Waals surface area contributed by atoms with Gasteiger partial charge in [0.05, 0.1) is 0 Å². The molecule has 0 aromatic carbocycles. The maximum atomic E-state index is 8.69. The average molecular weight is 307 g/mol. The molecule has 0 saturated heterocycles. The van der Waals surface area contributed by atoms with E-state index in [1.807, 2.05) is 0 Å². The van der Waals surface area contributed by atoms with Gasteiger partial charge in [0, 0.05) is 0 Å². The summed E-state index contributed by atoms with van der Waals surface area (Å²) in [5, 5.41) is 0. The van der Waals surface area contributed by atoms with Crippen LogP contribution in [-0.2, 0) is 0 Å². The van der Waals surface area contributed by atoms with Gasteiger partial charge < -0.3 is 19.2 Å². The summed E-state index contributed by atoms with van der Waals surface area (Å²) in [7, 11) is -5.36. The molecule has 2 radical (unpaired) electrons. The Morgan fingerprint density at radius 2 is 1.14 bits per heavy atom. The van der Waals surface area contributed by atoms with Crippen LogP contribution in [0.2, 0.25) is 0 Å². The molecule has 0 aromatic rings. The van der Waals surface area contributed by atoms with E-state index in [1.54, 1.807) is 0 Å². The van der Waals surface area contributed by atoms with E-state index in [4.69, 9.17) is 19.2 Å². The fraction of sp³-hybridized carbons (Fsp3) is 0. The zero-order valence-electron chi connectivity index (χ0n) is 3.67. The summed E-state index contributed by atoms with van der Waals surface area (Å²) in [5.74, 6) is 0. The molecule has 0 bridgehead atoms. The van der Waals surface area contributed by atoms with E-state index in [0.29, 0.717) is 0 Å². The first-order chi connectivity index (χ1) is 2.00. The third kappa shape index (κ3) is 94.8. The fourth-order valence-electron chi connectivity index (χ4n) is 0. The second kappa shape index (κ2) is 5.71. The first-order valence-electron chi connectivity index (χ1n) is 0.836. The topological polar surface area (TPSA) is 89.4 Å². The van der Waals surface area contributed by atoms with Gasteiger partial charge >= 0.3 is 46.2 Å². The molecule has 4 nitrogen and oxygen atoms in total. The van der Waals surface area contributed by atoms with Crippen LogP contribution in [0.15, 0.2) is 0 Å². The van der Waals surface area contributed by atoms with Gasteiger partial charge in [-0.1, -0.05) is 0 Å². The summed E-state index contributed by atoms with van der Waals surface area (Å²) in [6, 6.07) is 0. The SMILES string of the molecule is [Li+].[O-][Si]([O-])([O-])O.[Pb+2]. The number of hydrogen-bond donors (Lipinski definition) is 1. The second-order valence-corrected chi connectivity index (χ2v) is 1.57. The van der Waals surface area contributed by atoms with Crippen LogP contribution in [0.5, 0.6) is 0 Å². The molecule has 0 saturated carbocycles. The van der Waals surface area contributed by atoms with Crippen LogP contribution in [-0.4, -0.2) is 41.1 Å². The van der Waals surface area contributed by atoms with Gasteiger partial charge in [-0.25, -0.2) is 0 Å². The van der Waals surface area contributed by atoms with Crippen LogP contribution in [0.3, 0.4) is 0 Å². The predicted molar refractivity (Wildman–Crippen MR) is 13.7 cm³/mol. The van der Waals surface area contributed by atoms with Gasteiger partial charge in [-0.05, 0) is 0 Å². The molecule has 0 heterocycles. The molecular formula is HLiO4PbSi. The predicted octanol–water partition coefficient (Wildman–Crippen LogP) is -7.88. The van der Waals surface area contributed by atoms with Gasteiger partial charge in [0.1, 0.15) is 0 Å². The Kier molecular flexibility index (Phi) is 12.9. The van der Waals surface area contributed by atoms with Crippen molar-refractivity contribution in [3.63, 3.8) is 0 Å². The summed E-state index contributed by atoms with van der Waals surface area (Å²) in [6.07, 6.45) is 0. The smallest absolute Gasteiger partial charge is 0.861 e. The van der Waals surface area contributed by atoms with E-state index >= 15 is 0 Å². The number of hydrogen-bond acceptors (Lipinski definition) is 4. The van der Waals surface area contributed by atoms with Gasteiger partial charge in [0.2, 0.25) is 0 Å². The molecule has 0 aliphatic rings. The van der Waals surface area contributed by atoms with Gasteiger partial charge in [-0.2, -0.15) is 0 Å². The van der Waals surface area contributed by atoms with Crippen LogP contribution in [0.25, 0.3) is 0 Å². The molecule has 0 atom stereocenters. The van der Waals surface area contributed by atoms with E-state index < -0.39 is 9.05 Å². The van der Waals surface area contributed by atoms with Crippen LogP contribution >= 0.6 is 0 Å². The summed E-state index contributed by atoms with van der Waals surface area (Å²) in [4.78, 5) is 33.1. The van der Waals surface area contributed by atoms with E-state index in [2.05, 4.69) is 0 Å². The molecule has 7 heteroatoms. The van der Waals surface area contributed by atoms with Crippen molar-refractivity contribution in [3.05, 3.63) is 0 Å². The van der Waals surface area contributed by atoms with Crippen molar-refractivity contribution in [1.29, 1.82) is 0 Å². The molecule has 7 heavy (non-hydrogen) atoms. The molecule has 0 fully saturated rings. The van der Waals surface area contributed by atoms with Crippen molar-refractivity contribution >= 4 is 36.3 Å². The molecule has 0 aliphatic carbocycles. The van der Waals surface area contributed by atoms with E-state index in [9.17, 15) is 0 Å². The Bertz CT molecular complexity index is 27.2. The third-order valence-corrected chi connectivity index (χ3v) is 0. The van der Waals surface area contributed by atoms with E-state index in [-0.39, 0.29) is 46.2 Å². The molecule has 0 amide bonds. The summed E-state index contributed by atoms with van der Waals surface area (Å²) >= 11 is 0. The van der Waals surface area contributed by atoms with Crippen LogP contribution in [0, 0.1) is 0 Å². The molecule has 0 aliphatic heterocycles. The Morgan fingerprint density at radius 3 is 1.14 bits per heavy atom. The maximum absolute atomic E-state index is 8.69. The third-order valence-electron chi connectivity index (χ3n) is 0. The minimum Gasteiger partial charge on any atom is -0.861 e. The zero-order chi connectivity index (χ0) is 4.50. The van der Waals surface area contributed by atoms with Gasteiger partial charge in [-0.3, -0.25) is 0 Å². The molecular weight excluding hydrogens is 306 g/mol. The molecule has 0 spiro atoms. The molecule has 0 rings (SSSR count). The Balaban J connectivity index is -0.0000000800. The Morgan fingerprint density at radius 1 is 1.14 bits per heavy atom. The Labute approximate surface area is 74.0 Å². The normalized spacial score (nSPS) is 8.57. The second-order valence-electron chi connectivity index (χ2n) is 0.524. The van der Waals surface area contributed by atoms with Crippen molar-refractivity contribution in [3.8, 4) is 0 Å². The first kappa shape index (κ1) is 15.8. The number of rotatable bonds is 0. The fourth-order valence-corrected chi connectivity index (χ4v) is 0. The largest absolute Gasteiger partial charge is 2.00 e. The van der Waals surface area contributed by atoms with Gasteiger partial charge in [0.15, 0.2) is 0 Å². The minimum atomic E-state index is -5.36. The molecule has 34 valence electrons.